The summed E-state index contributed by atoms with van der Waals surface area (Å²) in [5.41, 5.74) is 0.247. The second kappa shape index (κ2) is 11.2. The fourth-order valence-corrected chi connectivity index (χ4v) is 5.48. The lowest BCUT2D eigenvalue weighted by Gasteiger charge is -2.47. The maximum Gasteiger partial charge on any atom is 0.269 e. The molecule has 0 spiro atoms. The van der Waals surface area contributed by atoms with Crippen molar-refractivity contribution in [1.82, 2.24) is 15.1 Å². The van der Waals surface area contributed by atoms with Gasteiger partial charge in [0.05, 0.1) is 18.1 Å². The van der Waals surface area contributed by atoms with Crippen molar-refractivity contribution in [2.24, 2.45) is 0 Å². The largest absolute Gasteiger partial charge is 0.345 e. The highest BCUT2D eigenvalue weighted by Gasteiger charge is 2.49. The quantitative estimate of drug-likeness (QED) is 0.564. The van der Waals surface area contributed by atoms with E-state index in [1.54, 1.807) is 0 Å². The van der Waals surface area contributed by atoms with Crippen molar-refractivity contribution in [2.75, 3.05) is 26.2 Å². The first kappa shape index (κ1) is 27.1. The number of amides is 1. The topological polar surface area (TPSA) is 59.4 Å². The molecule has 198 valence electrons. The highest BCUT2D eigenvalue weighted by atomic mass is 19.3. The van der Waals surface area contributed by atoms with Gasteiger partial charge in [-0.25, -0.2) is 17.6 Å². The summed E-state index contributed by atoms with van der Waals surface area (Å²) in [6.07, 6.45) is 0.210. The monoisotopic (exact) mass is 516 g/mol. The first-order valence-electron chi connectivity index (χ1n) is 12.7. The molecular weight excluding hydrogens is 484 g/mol. The van der Waals surface area contributed by atoms with Crippen LogP contribution in [0.15, 0.2) is 36.4 Å². The van der Waals surface area contributed by atoms with Crippen LogP contribution in [0.1, 0.15) is 44.2 Å². The van der Waals surface area contributed by atoms with Crippen LogP contribution in [0, 0.1) is 23.0 Å². The van der Waals surface area contributed by atoms with E-state index in [9.17, 15) is 9.18 Å². The van der Waals surface area contributed by atoms with Crippen molar-refractivity contribution in [3.05, 3.63) is 59.2 Å². The standard InChI is InChI=1S/C28H32F4N4O/c1-18(2)35-9-11-36(12-10-35)24-7-4-8-28(31,32)27(24)34-25(37)16-20-5-3-6-23(26(20)30)21-13-19(17-33)14-22(29)15-21/h3,5-6,13-15,18,24,27H,4,7-12,16H2,1-2H3,(H,34,37)/t24-,27+/m0/s1. The van der Waals surface area contributed by atoms with Crippen LogP contribution in [0.3, 0.4) is 0 Å². The maximum atomic E-state index is 15.3. The molecule has 1 saturated heterocycles. The maximum absolute atomic E-state index is 15.3. The molecule has 0 aromatic heterocycles. The summed E-state index contributed by atoms with van der Waals surface area (Å²) in [6, 6.07) is 8.23. The van der Waals surface area contributed by atoms with Gasteiger partial charge in [0.2, 0.25) is 5.91 Å². The summed E-state index contributed by atoms with van der Waals surface area (Å²) in [7, 11) is 0. The van der Waals surface area contributed by atoms with E-state index in [0.717, 1.165) is 25.2 Å². The summed E-state index contributed by atoms with van der Waals surface area (Å²) < 4.78 is 59.4. The van der Waals surface area contributed by atoms with E-state index >= 15 is 13.2 Å². The predicted molar refractivity (Wildman–Crippen MR) is 133 cm³/mol. The van der Waals surface area contributed by atoms with Gasteiger partial charge in [-0.15, -0.1) is 0 Å². The molecule has 1 saturated carbocycles. The van der Waals surface area contributed by atoms with E-state index in [2.05, 4.69) is 29.0 Å². The fourth-order valence-electron chi connectivity index (χ4n) is 5.48. The van der Waals surface area contributed by atoms with Crippen LogP contribution < -0.4 is 5.32 Å². The molecule has 1 aliphatic heterocycles. The molecule has 1 amide bonds. The van der Waals surface area contributed by atoms with Crippen molar-refractivity contribution in [1.29, 1.82) is 5.26 Å². The molecule has 5 nitrogen and oxygen atoms in total. The molecule has 37 heavy (non-hydrogen) atoms. The first-order chi connectivity index (χ1) is 17.6. The Morgan fingerprint density at radius 3 is 2.57 bits per heavy atom. The lowest BCUT2D eigenvalue weighted by atomic mass is 9.85. The van der Waals surface area contributed by atoms with E-state index in [1.165, 1.54) is 24.3 Å². The number of halogens is 4. The van der Waals surface area contributed by atoms with Crippen LogP contribution in [0.5, 0.6) is 0 Å². The van der Waals surface area contributed by atoms with Gasteiger partial charge in [-0.05, 0) is 56.0 Å². The number of nitrogens with zero attached hydrogens (tertiary/aromatic N) is 3. The fraction of sp³-hybridized carbons (Fsp3) is 0.500. The summed E-state index contributed by atoms with van der Waals surface area (Å²) >= 11 is 0. The molecule has 0 radical (unpaired) electrons. The predicted octanol–water partition coefficient (Wildman–Crippen LogP) is 4.74. The average Bonchev–Trinajstić information content (AvgIpc) is 2.86. The molecule has 2 aromatic carbocycles. The molecule has 1 heterocycles. The van der Waals surface area contributed by atoms with E-state index in [0.29, 0.717) is 32.0 Å². The lowest BCUT2D eigenvalue weighted by molar-refractivity contribution is -0.133. The number of rotatable bonds is 6. The Bertz CT molecular complexity index is 1170. The summed E-state index contributed by atoms with van der Waals surface area (Å²) in [5, 5.41) is 11.6. The van der Waals surface area contributed by atoms with Crippen LogP contribution in [0.4, 0.5) is 17.6 Å². The Morgan fingerprint density at radius 2 is 1.89 bits per heavy atom. The van der Waals surface area contributed by atoms with Crippen LogP contribution in [-0.2, 0) is 11.2 Å². The number of nitriles is 1. The van der Waals surface area contributed by atoms with Gasteiger partial charge in [-0.1, -0.05) is 18.2 Å². The van der Waals surface area contributed by atoms with E-state index in [1.807, 2.05) is 6.07 Å². The molecule has 2 fully saturated rings. The molecular formula is C28H32F4N4O. The minimum absolute atomic E-state index is 0.0130. The van der Waals surface area contributed by atoms with Crippen molar-refractivity contribution in [3.63, 3.8) is 0 Å². The summed E-state index contributed by atoms with van der Waals surface area (Å²) in [4.78, 5) is 17.3. The number of hydrogen-bond acceptors (Lipinski definition) is 4. The second-order valence-corrected chi connectivity index (χ2v) is 10.2. The molecule has 2 aliphatic rings. The van der Waals surface area contributed by atoms with Gasteiger partial charge in [-0.2, -0.15) is 5.26 Å². The zero-order valence-corrected chi connectivity index (χ0v) is 21.1. The third-order valence-corrected chi connectivity index (χ3v) is 7.48. The van der Waals surface area contributed by atoms with Gasteiger partial charge < -0.3 is 5.32 Å². The van der Waals surface area contributed by atoms with E-state index < -0.39 is 42.0 Å². The molecule has 4 rings (SSSR count). The Morgan fingerprint density at radius 1 is 1.16 bits per heavy atom. The number of carbonyl (C=O) groups excluding carboxylic acids is 1. The lowest BCUT2D eigenvalue weighted by Crippen LogP contribution is -2.64. The van der Waals surface area contributed by atoms with Crippen molar-refractivity contribution in [2.45, 2.75) is 63.6 Å². The van der Waals surface area contributed by atoms with Gasteiger partial charge in [0.1, 0.15) is 17.7 Å². The Labute approximate surface area is 215 Å². The Balaban J connectivity index is 1.50. The van der Waals surface area contributed by atoms with E-state index in [4.69, 9.17) is 5.26 Å². The number of carbonyl (C=O) groups is 1. The van der Waals surface area contributed by atoms with Crippen LogP contribution in [-0.4, -0.2) is 65.9 Å². The summed E-state index contributed by atoms with van der Waals surface area (Å²) in [6.45, 7) is 7.09. The average molecular weight is 517 g/mol. The number of benzene rings is 2. The second-order valence-electron chi connectivity index (χ2n) is 10.2. The molecule has 0 bridgehead atoms. The van der Waals surface area contributed by atoms with Crippen LogP contribution in [0.25, 0.3) is 11.1 Å². The SMILES string of the molecule is CC(C)N1CCN([C@H]2CCCC(F)(F)[C@@H]2NC(=O)Cc2cccc(-c3cc(F)cc(C#N)c3)c2F)CC1. The normalized spacial score (nSPS) is 22.5. The van der Waals surface area contributed by atoms with Gasteiger partial charge >= 0.3 is 0 Å². The van der Waals surface area contributed by atoms with Gasteiger partial charge in [0, 0.05) is 50.2 Å². The highest BCUT2D eigenvalue weighted by molar-refractivity contribution is 5.80. The minimum atomic E-state index is -3.07. The van der Waals surface area contributed by atoms with Gasteiger partial charge in [0.25, 0.3) is 5.92 Å². The molecule has 1 N–H and O–H groups in total. The number of nitrogens with one attached hydrogen (secondary N) is 1. The van der Waals surface area contributed by atoms with Crippen LogP contribution >= 0.6 is 0 Å². The first-order valence-corrected chi connectivity index (χ1v) is 12.7. The molecule has 1 aliphatic carbocycles. The number of alkyl halides is 2. The molecule has 9 heteroatoms. The van der Waals surface area contributed by atoms with Crippen molar-refractivity contribution < 1.29 is 22.4 Å². The van der Waals surface area contributed by atoms with Crippen molar-refractivity contribution in [3.8, 4) is 17.2 Å². The zero-order valence-electron chi connectivity index (χ0n) is 21.1. The molecule has 0 unspecified atom stereocenters. The van der Waals surface area contributed by atoms with Gasteiger partial charge in [0.15, 0.2) is 0 Å². The third-order valence-electron chi connectivity index (χ3n) is 7.48. The van der Waals surface area contributed by atoms with Crippen molar-refractivity contribution >= 4 is 5.91 Å². The third kappa shape index (κ3) is 6.13. The molecule has 2 aromatic rings. The van der Waals surface area contributed by atoms with Crippen LogP contribution in [0.2, 0.25) is 0 Å². The minimum Gasteiger partial charge on any atom is -0.345 e. The van der Waals surface area contributed by atoms with Gasteiger partial charge in [-0.3, -0.25) is 14.6 Å². The van der Waals surface area contributed by atoms with E-state index in [-0.39, 0.29) is 28.7 Å². The smallest absolute Gasteiger partial charge is 0.269 e. The Kier molecular flexibility index (Phi) is 8.20. The summed E-state index contributed by atoms with van der Waals surface area (Å²) in [5.74, 6) is -5.19. The molecule has 2 atom stereocenters. The number of hydrogen-bond donors (Lipinski definition) is 1. The zero-order chi connectivity index (χ0) is 26.7. The highest BCUT2D eigenvalue weighted by Crippen LogP contribution is 2.36. The number of piperazine rings is 1. The Hall–Kier alpha value is -2.96.